The first-order valence-electron chi connectivity index (χ1n) is 6.11. The van der Waals surface area contributed by atoms with E-state index in [2.05, 4.69) is 10.3 Å². The molecular weight excluding hydrogens is 255 g/mol. The molecule has 1 aromatic heterocycles. The zero-order chi connectivity index (χ0) is 13.0. The number of nitrogens with zero attached hydrogens (tertiary/aromatic N) is 1. The molecular formula is C13H16ClFN2O. The van der Waals surface area contributed by atoms with Crippen molar-refractivity contribution >= 4 is 17.5 Å². The third-order valence-electron chi connectivity index (χ3n) is 3.53. The molecule has 1 N–H and O–H groups in total. The second-order valence-corrected chi connectivity index (χ2v) is 5.15. The number of halogens is 2. The summed E-state index contributed by atoms with van der Waals surface area (Å²) in [5.74, 6) is -0.157. The van der Waals surface area contributed by atoms with Gasteiger partial charge in [0.2, 0.25) is 0 Å². The molecule has 0 bridgehead atoms. The highest BCUT2D eigenvalue weighted by Crippen LogP contribution is 2.38. The maximum atomic E-state index is 12.7. The molecule has 0 radical (unpaired) electrons. The molecule has 0 atom stereocenters. The molecule has 18 heavy (non-hydrogen) atoms. The van der Waals surface area contributed by atoms with Crippen molar-refractivity contribution in [3.8, 4) is 0 Å². The van der Waals surface area contributed by atoms with E-state index in [1.165, 1.54) is 12.1 Å². The van der Waals surface area contributed by atoms with Crippen LogP contribution in [0, 0.1) is 11.2 Å². The number of carbonyl (C=O) groups is 1. The van der Waals surface area contributed by atoms with E-state index in [0.717, 1.165) is 31.9 Å². The normalized spacial score (nSPS) is 17.7. The number of aromatic nitrogens is 1. The maximum absolute atomic E-state index is 12.7. The van der Waals surface area contributed by atoms with Crippen LogP contribution < -0.4 is 5.32 Å². The van der Waals surface area contributed by atoms with Gasteiger partial charge in [0.1, 0.15) is 11.5 Å². The Balaban J connectivity index is 1.93. The van der Waals surface area contributed by atoms with Gasteiger partial charge in [0, 0.05) is 17.8 Å². The van der Waals surface area contributed by atoms with E-state index in [1.54, 1.807) is 0 Å². The van der Waals surface area contributed by atoms with Gasteiger partial charge in [-0.1, -0.05) is 12.8 Å². The molecule has 98 valence electrons. The van der Waals surface area contributed by atoms with E-state index >= 15 is 0 Å². The monoisotopic (exact) mass is 270 g/mol. The van der Waals surface area contributed by atoms with E-state index in [-0.39, 0.29) is 17.0 Å². The molecule has 0 saturated heterocycles. The van der Waals surface area contributed by atoms with Gasteiger partial charge in [-0.05, 0) is 25.0 Å². The van der Waals surface area contributed by atoms with E-state index in [0.29, 0.717) is 12.4 Å². The van der Waals surface area contributed by atoms with Crippen LogP contribution in [0.2, 0.25) is 0 Å². The van der Waals surface area contributed by atoms with Crippen molar-refractivity contribution in [1.29, 1.82) is 0 Å². The Hall–Kier alpha value is -1.16. The lowest BCUT2D eigenvalue weighted by Crippen LogP contribution is -2.37. The third kappa shape index (κ3) is 2.99. The van der Waals surface area contributed by atoms with Gasteiger partial charge < -0.3 is 5.32 Å². The number of carbonyl (C=O) groups excluding carboxylic acids is 1. The highest BCUT2D eigenvalue weighted by atomic mass is 35.5. The minimum absolute atomic E-state index is 0.0250. The molecule has 1 aliphatic carbocycles. The van der Waals surface area contributed by atoms with E-state index < -0.39 is 5.82 Å². The SMILES string of the molecule is O=C(NCC1(CCl)CCCC1)c1ccc(F)cn1. The van der Waals surface area contributed by atoms with Crippen molar-refractivity contribution in [1.82, 2.24) is 10.3 Å². The van der Waals surface area contributed by atoms with Crippen molar-refractivity contribution in [2.24, 2.45) is 5.41 Å². The minimum Gasteiger partial charge on any atom is -0.350 e. The number of nitrogens with one attached hydrogen (secondary N) is 1. The quantitative estimate of drug-likeness (QED) is 0.855. The van der Waals surface area contributed by atoms with Gasteiger partial charge in [0.25, 0.3) is 5.91 Å². The first kappa shape index (κ1) is 13.3. The van der Waals surface area contributed by atoms with Gasteiger partial charge in [0.05, 0.1) is 6.20 Å². The Bertz CT molecular complexity index is 416. The molecule has 3 nitrogen and oxygen atoms in total. The summed E-state index contributed by atoms with van der Waals surface area (Å²) in [5.41, 5.74) is 0.260. The standard InChI is InChI=1S/C13H16ClFN2O/c14-8-13(5-1-2-6-13)9-17-12(18)11-4-3-10(15)7-16-11/h3-4,7H,1-2,5-6,8-9H2,(H,17,18). The first-order chi connectivity index (χ1) is 8.65. The Morgan fingerprint density at radius 2 is 2.17 bits per heavy atom. The van der Waals surface area contributed by atoms with Gasteiger partial charge in [-0.3, -0.25) is 4.79 Å². The smallest absolute Gasteiger partial charge is 0.269 e. The van der Waals surface area contributed by atoms with Crippen LogP contribution in [0.25, 0.3) is 0 Å². The van der Waals surface area contributed by atoms with Crippen molar-refractivity contribution < 1.29 is 9.18 Å². The van der Waals surface area contributed by atoms with Crippen LogP contribution in [-0.2, 0) is 0 Å². The van der Waals surface area contributed by atoms with Gasteiger partial charge >= 0.3 is 0 Å². The summed E-state index contributed by atoms with van der Waals surface area (Å²) in [6.07, 6.45) is 5.47. The highest BCUT2D eigenvalue weighted by Gasteiger charge is 2.33. The van der Waals surface area contributed by atoms with Crippen LogP contribution in [0.4, 0.5) is 4.39 Å². The van der Waals surface area contributed by atoms with Crippen LogP contribution in [0.3, 0.4) is 0 Å². The summed E-state index contributed by atoms with van der Waals surface area (Å²) in [7, 11) is 0. The Morgan fingerprint density at radius 1 is 1.44 bits per heavy atom. The van der Waals surface area contributed by atoms with E-state index in [9.17, 15) is 9.18 Å². The highest BCUT2D eigenvalue weighted by molar-refractivity contribution is 6.18. The average Bonchev–Trinajstić information content (AvgIpc) is 2.86. The van der Waals surface area contributed by atoms with Crippen molar-refractivity contribution in [3.05, 3.63) is 29.8 Å². The van der Waals surface area contributed by atoms with Gasteiger partial charge in [-0.25, -0.2) is 9.37 Å². The Morgan fingerprint density at radius 3 is 2.72 bits per heavy atom. The molecule has 0 spiro atoms. The fourth-order valence-electron chi connectivity index (χ4n) is 2.35. The summed E-state index contributed by atoms with van der Waals surface area (Å²) in [5, 5.41) is 2.84. The zero-order valence-corrected chi connectivity index (χ0v) is 10.8. The fourth-order valence-corrected chi connectivity index (χ4v) is 2.71. The Kier molecular flexibility index (Phi) is 4.17. The largest absolute Gasteiger partial charge is 0.350 e. The molecule has 5 heteroatoms. The van der Waals surface area contributed by atoms with E-state index in [1.807, 2.05) is 0 Å². The van der Waals surface area contributed by atoms with Crippen LogP contribution in [0.5, 0.6) is 0 Å². The van der Waals surface area contributed by atoms with Crippen LogP contribution in [0.1, 0.15) is 36.2 Å². The summed E-state index contributed by atoms with van der Waals surface area (Å²) in [6, 6.07) is 2.61. The molecule has 1 aliphatic rings. The predicted octanol–water partition coefficient (Wildman–Crippen LogP) is 2.75. The molecule has 0 unspecified atom stereocenters. The van der Waals surface area contributed by atoms with E-state index in [4.69, 9.17) is 11.6 Å². The second-order valence-electron chi connectivity index (χ2n) is 4.89. The number of hydrogen-bond acceptors (Lipinski definition) is 2. The van der Waals surface area contributed by atoms with Crippen molar-refractivity contribution in [2.75, 3.05) is 12.4 Å². The van der Waals surface area contributed by atoms with Crippen LogP contribution in [0.15, 0.2) is 18.3 Å². The lowest BCUT2D eigenvalue weighted by Gasteiger charge is -2.26. The van der Waals surface area contributed by atoms with Crippen LogP contribution >= 0.6 is 11.6 Å². The molecule has 0 aliphatic heterocycles. The van der Waals surface area contributed by atoms with Crippen LogP contribution in [-0.4, -0.2) is 23.3 Å². The lowest BCUT2D eigenvalue weighted by atomic mass is 9.88. The molecule has 1 aromatic rings. The van der Waals surface area contributed by atoms with Crippen molar-refractivity contribution in [2.45, 2.75) is 25.7 Å². The number of alkyl halides is 1. The summed E-state index contributed by atoms with van der Waals surface area (Å²) in [6.45, 7) is 0.564. The Labute approximate surface area is 111 Å². The number of amides is 1. The van der Waals surface area contributed by atoms with Gasteiger partial charge in [-0.15, -0.1) is 11.6 Å². The van der Waals surface area contributed by atoms with Gasteiger partial charge in [-0.2, -0.15) is 0 Å². The molecule has 0 aromatic carbocycles. The minimum atomic E-state index is -0.445. The summed E-state index contributed by atoms with van der Waals surface area (Å²) in [4.78, 5) is 15.6. The molecule has 1 heterocycles. The van der Waals surface area contributed by atoms with Crippen molar-refractivity contribution in [3.63, 3.8) is 0 Å². The summed E-state index contributed by atoms with van der Waals surface area (Å²) >= 11 is 6.00. The number of hydrogen-bond donors (Lipinski definition) is 1. The molecule has 1 amide bonds. The summed E-state index contributed by atoms with van der Waals surface area (Å²) < 4.78 is 12.7. The van der Waals surface area contributed by atoms with Gasteiger partial charge in [0.15, 0.2) is 0 Å². The molecule has 1 fully saturated rings. The fraction of sp³-hybridized carbons (Fsp3) is 0.538. The average molecular weight is 271 g/mol. The topological polar surface area (TPSA) is 42.0 Å². The number of rotatable bonds is 4. The molecule has 1 saturated carbocycles. The lowest BCUT2D eigenvalue weighted by molar-refractivity contribution is 0.0930. The first-order valence-corrected chi connectivity index (χ1v) is 6.64. The molecule has 2 rings (SSSR count). The number of pyridine rings is 1. The second kappa shape index (κ2) is 5.65. The predicted molar refractivity (Wildman–Crippen MR) is 68.1 cm³/mol. The maximum Gasteiger partial charge on any atom is 0.269 e. The third-order valence-corrected chi connectivity index (χ3v) is 4.10. The zero-order valence-electron chi connectivity index (χ0n) is 10.1.